The van der Waals surface area contributed by atoms with E-state index in [4.69, 9.17) is 4.52 Å². The molecule has 1 saturated carbocycles. The molecule has 0 N–H and O–H groups in total. The van der Waals surface area contributed by atoms with E-state index in [-0.39, 0.29) is 0 Å². The van der Waals surface area contributed by atoms with Crippen molar-refractivity contribution in [2.75, 3.05) is 18.0 Å². The zero-order valence-corrected chi connectivity index (χ0v) is 12.3. The minimum atomic E-state index is 0.575. The van der Waals surface area contributed by atoms with Crippen molar-refractivity contribution in [2.24, 2.45) is 11.8 Å². The highest BCUT2D eigenvalue weighted by Crippen LogP contribution is 2.39. The van der Waals surface area contributed by atoms with Crippen molar-refractivity contribution in [1.29, 1.82) is 0 Å². The van der Waals surface area contributed by atoms with Crippen LogP contribution in [0.4, 0.5) is 5.82 Å². The van der Waals surface area contributed by atoms with Crippen molar-refractivity contribution in [1.82, 2.24) is 15.1 Å². The zero-order valence-electron chi connectivity index (χ0n) is 12.3. The van der Waals surface area contributed by atoms with E-state index < -0.39 is 0 Å². The second-order valence-corrected chi connectivity index (χ2v) is 6.23. The maximum atomic E-state index is 5.34. The van der Waals surface area contributed by atoms with Crippen LogP contribution in [0.2, 0.25) is 0 Å². The lowest BCUT2D eigenvalue weighted by atomic mass is 9.82. The lowest BCUT2D eigenvalue weighted by molar-refractivity contribution is 0.299. The number of hydrogen-bond donors (Lipinski definition) is 0. The summed E-state index contributed by atoms with van der Waals surface area (Å²) in [6.45, 7) is 4.07. The van der Waals surface area contributed by atoms with Crippen molar-refractivity contribution in [2.45, 2.75) is 32.6 Å². The molecule has 3 heterocycles. The molecule has 0 bridgehead atoms. The summed E-state index contributed by atoms with van der Waals surface area (Å²) in [5.74, 6) is 3.90. The first-order valence-electron chi connectivity index (χ1n) is 7.82. The van der Waals surface area contributed by atoms with Gasteiger partial charge in [0, 0.05) is 19.3 Å². The fraction of sp³-hybridized carbons (Fsp3) is 0.562. The highest BCUT2D eigenvalue weighted by Gasteiger charge is 2.35. The van der Waals surface area contributed by atoms with Gasteiger partial charge in [-0.15, -0.1) is 0 Å². The number of aromatic nitrogens is 3. The maximum Gasteiger partial charge on any atom is 0.261 e. The Morgan fingerprint density at radius 3 is 2.62 bits per heavy atom. The van der Waals surface area contributed by atoms with Crippen LogP contribution in [-0.2, 0) is 0 Å². The van der Waals surface area contributed by atoms with Gasteiger partial charge in [0.15, 0.2) is 5.82 Å². The van der Waals surface area contributed by atoms with Crippen molar-refractivity contribution in [3.8, 4) is 11.5 Å². The molecule has 2 atom stereocenters. The van der Waals surface area contributed by atoms with Gasteiger partial charge < -0.3 is 9.42 Å². The number of anilines is 1. The Balaban J connectivity index is 1.66. The third-order valence-electron chi connectivity index (χ3n) is 4.82. The average Bonchev–Trinajstić information content (AvgIpc) is 3.13. The van der Waals surface area contributed by atoms with Crippen LogP contribution < -0.4 is 4.90 Å². The van der Waals surface area contributed by atoms with Crippen LogP contribution in [-0.4, -0.2) is 28.2 Å². The molecule has 2 aliphatic rings. The molecule has 0 spiro atoms. The van der Waals surface area contributed by atoms with Crippen LogP contribution in [0.15, 0.2) is 22.9 Å². The molecule has 2 fully saturated rings. The standard InChI is InChI=1S/C16H20N4O/c1-11-18-16(21-19-11)14-7-4-8-17-15(14)20-9-12-5-2-3-6-13(12)10-20/h4,7-8,12-13H,2-3,5-6,9-10H2,1H3. The van der Waals surface area contributed by atoms with Gasteiger partial charge in [0.1, 0.15) is 5.82 Å². The molecule has 1 aliphatic carbocycles. The third kappa shape index (κ3) is 2.30. The van der Waals surface area contributed by atoms with E-state index in [9.17, 15) is 0 Å². The van der Waals surface area contributed by atoms with E-state index in [2.05, 4.69) is 20.0 Å². The fourth-order valence-corrected chi connectivity index (χ4v) is 3.80. The number of rotatable bonds is 2. The van der Waals surface area contributed by atoms with Crippen LogP contribution in [0.3, 0.4) is 0 Å². The van der Waals surface area contributed by atoms with E-state index in [0.717, 1.165) is 36.3 Å². The topological polar surface area (TPSA) is 55.1 Å². The molecule has 4 rings (SSSR count). The van der Waals surface area contributed by atoms with Gasteiger partial charge in [-0.2, -0.15) is 4.98 Å². The molecule has 110 valence electrons. The quantitative estimate of drug-likeness (QED) is 0.848. The molecule has 2 unspecified atom stereocenters. The Morgan fingerprint density at radius 2 is 1.95 bits per heavy atom. The van der Waals surface area contributed by atoms with E-state index >= 15 is 0 Å². The van der Waals surface area contributed by atoms with E-state index in [1.54, 1.807) is 0 Å². The lowest BCUT2D eigenvalue weighted by Gasteiger charge is -2.22. The number of fused-ring (bicyclic) bond motifs is 1. The summed E-state index contributed by atoms with van der Waals surface area (Å²) in [5, 5.41) is 3.90. The summed E-state index contributed by atoms with van der Waals surface area (Å²) in [6, 6.07) is 3.96. The molecule has 0 aromatic carbocycles. The molecule has 2 aromatic heterocycles. The first-order valence-corrected chi connectivity index (χ1v) is 7.82. The molecule has 5 nitrogen and oxygen atoms in total. The van der Waals surface area contributed by atoms with E-state index in [1.807, 2.05) is 25.3 Å². The first-order chi connectivity index (χ1) is 10.3. The van der Waals surface area contributed by atoms with Crippen LogP contribution >= 0.6 is 0 Å². The van der Waals surface area contributed by atoms with Crippen LogP contribution in [0.25, 0.3) is 11.5 Å². The van der Waals surface area contributed by atoms with Gasteiger partial charge >= 0.3 is 0 Å². The Hall–Kier alpha value is -1.91. The molecule has 21 heavy (non-hydrogen) atoms. The van der Waals surface area contributed by atoms with Gasteiger partial charge in [-0.05, 0) is 43.7 Å². The molecule has 5 heteroatoms. The minimum absolute atomic E-state index is 0.575. The summed E-state index contributed by atoms with van der Waals surface area (Å²) in [7, 11) is 0. The normalized spacial score (nSPS) is 25.1. The summed E-state index contributed by atoms with van der Waals surface area (Å²) >= 11 is 0. The third-order valence-corrected chi connectivity index (χ3v) is 4.82. The predicted molar refractivity (Wildman–Crippen MR) is 79.9 cm³/mol. The second kappa shape index (κ2) is 5.13. The van der Waals surface area contributed by atoms with Crippen molar-refractivity contribution in [3.05, 3.63) is 24.2 Å². The van der Waals surface area contributed by atoms with Crippen molar-refractivity contribution < 1.29 is 4.52 Å². The zero-order chi connectivity index (χ0) is 14.2. The second-order valence-electron chi connectivity index (χ2n) is 6.23. The van der Waals surface area contributed by atoms with Gasteiger partial charge in [-0.25, -0.2) is 4.98 Å². The Bertz CT molecular complexity index is 625. The molecule has 0 radical (unpaired) electrons. The number of aryl methyl sites for hydroxylation is 1. The van der Waals surface area contributed by atoms with Gasteiger partial charge in [-0.1, -0.05) is 18.0 Å². The summed E-state index contributed by atoms with van der Waals surface area (Å²) < 4.78 is 5.34. The van der Waals surface area contributed by atoms with Crippen LogP contribution in [0, 0.1) is 18.8 Å². The molecule has 1 saturated heterocycles. The molecule has 2 aromatic rings. The van der Waals surface area contributed by atoms with Crippen LogP contribution in [0.5, 0.6) is 0 Å². The van der Waals surface area contributed by atoms with Crippen molar-refractivity contribution >= 4 is 5.82 Å². The van der Waals surface area contributed by atoms with Gasteiger partial charge in [0.05, 0.1) is 5.56 Å². The number of pyridine rings is 1. The lowest BCUT2D eigenvalue weighted by Crippen LogP contribution is -2.21. The largest absolute Gasteiger partial charge is 0.355 e. The highest BCUT2D eigenvalue weighted by atomic mass is 16.5. The van der Waals surface area contributed by atoms with Gasteiger partial charge in [0.2, 0.25) is 0 Å². The Kier molecular flexibility index (Phi) is 3.13. The van der Waals surface area contributed by atoms with Crippen molar-refractivity contribution in [3.63, 3.8) is 0 Å². The average molecular weight is 284 g/mol. The number of hydrogen-bond acceptors (Lipinski definition) is 5. The minimum Gasteiger partial charge on any atom is -0.355 e. The molecule has 0 amide bonds. The Morgan fingerprint density at radius 1 is 1.19 bits per heavy atom. The summed E-state index contributed by atoms with van der Waals surface area (Å²) in [4.78, 5) is 11.4. The molecular weight excluding hydrogens is 264 g/mol. The first kappa shape index (κ1) is 12.8. The highest BCUT2D eigenvalue weighted by molar-refractivity contribution is 5.70. The Labute approximate surface area is 124 Å². The SMILES string of the molecule is Cc1noc(-c2cccnc2N2CC3CCCCC3C2)n1. The fourth-order valence-electron chi connectivity index (χ4n) is 3.80. The van der Waals surface area contributed by atoms with Gasteiger partial charge in [0.25, 0.3) is 5.89 Å². The van der Waals surface area contributed by atoms with Crippen LogP contribution in [0.1, 0.15) is 31.5 Å². The van der Waals surface area contributed by atoms with Gasteiger partial charge in [-0.3, -0.25) is 0 Å². The smallest absolute Gasteiger partial charge is 0.261 e. The number of nitrogens with zero attached hydrogens (tertiary/aromatic N) is 4. The monoisotopic (exact) mass is 284 g/mol. The summed E-state index contributed by atoms with van der Waals surface area (Å²) in [5.41, 5.74) is 0.955. The molecular formula is C16H20N4O. The van der Waals surface area contributed by atoms with E-state index in [1.165, 1.54) is 25.7 Å². The predicted octanol–water partition coefficient (Wildman–Crippen LogP) is 3.07. The summed E-state index contributed by atoms with van der Waals surface area (Å²) in [6.07, 6.45) is 7.34. The maximum absolute atomic E-state index is 5.34. The van der Waals surface area contributed by atoms with E-state index in [0.29, 0.717) is 11.7 Å². The molecule has 1 aliphatic heterocycles.